The number of nitrogens with two attached hydrogens (primary N) is 1. The van der Waals surface area contributed by atoms with Crippen LogP contribution in [0.4, 0.5) is 0 Å². The van der Waals surface area contributed by atoms with Gasteiger partial charge in [0.05, 0.1) is 19.8 Å². The van der Waals surface area contributed by atoms with Crippen molar-refractivity contribution in [1.29, 1.82) is 0 Å². The minimum Gasteiger partial charge on any atom is -0.379 e. The quantitative estimate of drug-likeness (QED) is 0.666. The molecule has 1 rings (SSSR count). The zero-order chi connectivity index (χ0) is 13.2. The Labute approximate surface area is 110 Å². The van der Waals surface area contributed by atoms with Gasteiger partial charge in [-0.25, -0.2) is 0 Å². The van der Waals surface area contributed by atoms with Crippen molar-refractivity contribution in [3.8, 4) is 0 Å². The maximum atomic E-state index is 12.1. The van der Waals surface area contributed by atoms with Crippen LogP contribution in [0.5, 0.6) is 0 Å². The number of hydrogen-bond donors (Lipinski definition) is 1. The van der Waals surface area contributed by atoms with Gasteiger partial charge in [-0.1, -0.05) is 12.8 Å². The summed E-state index contributed by atoms with van der Waals surface area (Å²) in [6.45, 7) is 4.91. The summed E-state index contributed by atoms with van der Waals surface area (Å²) in [6, 6.07) is 0. The Bertz CT molecular complexity index is 228. The van der Waals surface area contributed by atoms with E-state index in [4.69, 9.17) is 10.5 Å². The highest BCUT2D eigenvalue weighted by molar-refractivity contribution is 5.78. The van der Waals surface area contributed by atoms with E-state index in [2.05, 4.69) is 0 Å². The van der Waals surface area contributed by atoms with Crippen LogP contribution in [0.15, 0.2) is 0 Å². The lowest BCUT2D eigenvalue weighted by molar-refractivity contribution is -0.132. The molecule has 5 heteroatoms. The lowest BCUT2D eigenvalue weighted by atomic mass is 10.2. The van der Waals surface area contributed by atoms with E-state index in [0.717, 1.165) is 32.5 Å². The van der Waals surface area contributed by atoms with Crippen LogP contribution in [0, 0.1) is 0 Å². The maximum absolute atomic E-state index is 12.1. The van der Waals surface area contributed by atoms with E-state index in [1.54, 1.807) is 0 Å². The molecule has 5 nitrogen and oxygen atoms in total. The van der Waals surface area contributed by atoms with E-state index < -0.39 is 0 Å². The lowest BCUT2D eigenvalue weighted by Gasteiger charge is -2.24. The smallest absolute Gasteiger partial charge is 0.236 e. The van der Waals surface area contributed by atoms with Crippen molar-refractivity contribution in [2.75, 3.05) is 53.0 Å². The second-order valence-corrected chi connectivity index (χ2v) is 4.93. The Morgan fingerprint density at radius 1 is 1.22 bits per heavy atom. The van der Waals surface area contributed by atoms with Crippen molar-refractivity contribution in [3.63, 3.8) is 0 Å². The second-order valence-electron chi connectivity index (χ2n) is 4.93. The van der Waals surface area contributed by atoms with E-state index in [0.29, 0.717) is 26.3 Å². The van der Waals surface area contributed by atoms with E-state index in [1.807, 2.05) is 16.8 Å². The zero-order valence-corrected chi connectivity index (χ0v) is 11.6. The van der Waals surface area contributed by atoms with Crippen molar-refractivity contribution >= 4 is 5.91 Å². The molecule has 106 valence electrons. The van der Waals surface area contributed by atoms with Crippen LogP contribution >= 0.6 is 0 Å². The van der Waals surface area contributed by atoms with Gasteiger partial charge >= 0.3 is 0 Å². The molecule has 0 aromatic carbocycles. The van der Waals surface area contributed by atoms with Gasteiger partial charge in [-0.05, 0) is 19.9 Å². The van der Waals surface area contributed by atoms with Crippen LogP contribution in [-0.2, 0) is 9.53 Å². The van der Waals surface area contributed by atoms with Crippen molar-refractivity contribution in [1.82, 2.24) is 9.80 Å². The summed E-state index contributed by atoms with van der Waals surface area (Å²) >= 11 is 0. The first-order valence-electron chi connectivity index (χ1n) is 6.98. The standard InChI is InChI=1S/C13H27N3O2/c1-15(9-11-18-10-6-14)12-13(17)16-7-4-2-3-5-8-16/h2-12,14H2,1H3. The highest BCUT2D eigenvalue weighted by atomic mass is 16.5. The molecule has 0 aliphatic carbocycles. The Kier molecular flexibility index (Phi) is 7.96. The van der Waals surface area contributed by atoms with Gasteiger partial charge in [0.2, 0.25) is 5.91 Å². The zero-order valence-electron chi connectivity index (χ0n) is 11.6. The molecular weight excluding hydrogens is 230 g/mol. The van der Waals surface area contributed by atoms with Gasteiger partial charge < -0.3 is 15.4 Å². The number of likely N-dealkylation sites (tertiary alicyclic amines) is 1. The number of ether oxygens (including phenoxy) is 1. The molecule has 0 unspecified atom stereocenters. The van der Waals surface area contributed by atoms with Gasteiger partial charge in [0.25, 0.3) is 0 Å². The molecule has 0 spiro atoms. The molecule has 0 radical (unpaired) electrons. The summed E-state index contributed by atoms with van der Waals surface area (Å²) in [5, 5.41) is 0. The van der Waals surface area contributed by atoms with Crippen molar-refractivity contribution < 1.29 is 9.53 Å². The van der Waals surface area contributed by atoms with Gasteiger partial charge in [-0.3, -0.25) is 9.69 Å². The van der Waals surface area contributed by atoms with Crippen molar-refractivity contribution in [2.45, 2.75) is 25.7 Å². The number of rotatable bonds is 7. The van der Waals surface area contributed by atoms with Crippen LogP contribution in [-0.4, -0.2) is 68.7 Å². The molecule has 1 aliphatic rings. The molecule has 0 aromatic rings. The Morgan fingerprint density at radius 2 is 1.89 bits per heavy atom. The van der Waals surface area contributed by atoms with E-state index in [-0.39, 0.29) is 5.91 Å². The van der Waals surface area contributed by atoms with E-state index >= 15 is 0 Å². The first-order chi connectivity index (χ1) is 8.74. The Balaban J connectivity index is 2.17. The first-order valence-corrected chi connectivity index (χ1v) is 6.98. The van der Waals surface area contributed by atoms with E-state index in [9.17, 15) is 4.79 Å². The fraction of sp³-hybridized carbons (Fsp3) is 0.923. The largest absolute Gasteiger partial charge is 0.379 e. The Hall–Kier alpha value is -0.650. The monoisotopic (exact) mass is 257 g/mol. The maximum Gasteiger partial charge on any atom is 0.236 e. The Morgan fingerprint density at radius 3 is 2.50 bits per heavy atom. The molecule has 0 aromatic heterocycles. The molecule has 1 saturated heterocycles. The number of amides is 1. The molecule has 0 saturated carbocycles. The van der Waals surface area contributed by atoms with Crippen LogP contribution in [0.3, 0.4) is 0 Å². The molecular formula is C13H27N3O2. The van der Waals surface area contributed by atoms with Gasteiger partial charge in [0.1, 0.15) is 0 Å². The summed E-state index contributed by atoms with van der Waals surface area (Å²) in [5.41, 5.74) is 5.34. The number of nitrogens with zero attached hydrogens (tertiary/aromatic N) is 2. The summed E-state index contributed by atoms with van der Waals surface area (Å²) < 4.78 is 5.31. The number of carbonyl (C=O) groups excluding carboxylic acids is 1. The number of carbonyl (C=O) groups is 1. The average Bonchev–Trinajstić information content (AvgIpc) is 2.63. The molecule has 0 atom stereocenters. The highest BCUT2D eigenvalue weighted by Gasteiger charge is 2.16. The minimum absolute atomic E-state index is 0.248. The summed E-state index contributed by atoms with van der Waals surface area (Å²) in [6.07, 6.45) is 4.81. The second kappa shape index (κ2) is 9.30. The van der Waals surface area contributed by atoms with Gasteiger partial charge in [-0.15, -0.1) is 0 Å². The van der Waals surface area contributed by atoms with E-state index in [1.165, 1.54) is 12.8 Å². The fourth-order valence-electron chi connectivity index (χ4n) is 2.14. The van der Waals surface area contributed by atoms with Crippen molar-refractivity contribution in [3.05, 3.63) is 0 Å². The van der Waals surface area contributed by atoms with Crippen molar-refractivity contribution in [2.24, 2.45) is 5.73 Å². The topological polar surface area (TPSA) is 58.8 Å². The summed E-state index contributed by atoms with van der Waals surface area (Å²) in [7, 11) is 1.96. The molecule has 1 aliphatic heterocycles. The third-order valence-corrected chi connectivity index (χ3v) is 3.24. The summed E-state index contributed by atoms with van der Waals surface area (Å²) in [5.74, 6) is 0.248. The average molecular weight is 257 g/mol. The molecule has 2 N–H and O–H groups in total. The first kappa shape index (κ1) is 15.4. The van der Waals surface area contributed by atoms with Crippen LogP contribution in [0.25, 0.3) is 0 Å². The van der Waals surface area contributed by atoms with Crippen LogP contribution in [0.1, 0.15) is 25.7 Å². The predicted octanol–water partition coefficient (Wildman–Crippen LogP) is 0.296. The highest BCUT2D eigenvalue weighted by Crippen LogP contribution is 2.09. The predicted molar refractivity (Wildman–Crippen MR) is 72.4 cm³/mol. The molecule has 18 heavy (non-hydrogen) atoms. The van der Waals surface area contributed by atoms with Gasteiger partial charge in [0.15, 0.2) is 0 Å². The third-order valence-electron chi connectivity index (χ3n) is 3.24. The summed E-state index contributed by atoms with van der Waals surface area (Å²) in [4.78, 5) is 16.1. The molecule has 1 heterocycles. The number of likely N-dealkylation sites (N-methyl/N-ethyl adjacent to an activating group) is 1. The molecule has 1 amide bonds. The molecule has 1 fully saturated rings. The van der Waals surface area contributed by atoms with Crippen LogP contribution < -0.4 is 5.73 Å². The van der Waals surface area contributed by atoms with Gasteiger partial charge in [-0.2, -0.15) is 0 Å². The fourth-order valence-corrected chi connectivity index (χ4v) is 2.14. The van der Waals surface area contributed by atoms with Crippen LogP contribution in [0.2, 0.25) is 0 Å². The number of hydrogen-bond acceptors (Lipinski definition) is 4. The molecule has 0 bridgehead atoms. The SMILES string of the molecule is CN(CCOCCN)CC(=O)N1CCCCCC1. The lowest BCUT2D eigenvalue weighted by Crippen LogP contribution is -2.40. The minimum atomic E-state index is 0.248. The van der Waals surface area contributed by atoms with Gasteiger partial charge in [0, 0.05) is 26.2 Å². The third kappa shape index (κ3) is 6.33. The normalized spacial score (nSPS) is 16.9.